The van der Waals surface area contributed by atoms with E-state index < -0.39 is 141 Å². The molecule has 0 aromatic rings. The standard InChI is InChI=1S/C36H46O15/c1-12-10-18-33(7,35(9,44)31(43)51-18)23-20(12)32(6)21(26(23)47-14(3)38)19-22(27(28(32)41)48-15(4)39)34(8)30(49-16(5)40)24-17(50-24)11-36(34,45)29(42)25(19)46-13(2)37/h10,12,17,19-28,30,41,44-45H,11H2,1-9H3. The summed E-state index contributed by atoms with van der Waals surface area (Å²) in [5.74, 6) is -10.7. The van der Waals surface area contributed by atoms with Crippen molar-refractivity contribution in [2.75, 3.05) is 0 Å². The maximum Gasteiger partial charge on any atom is 0.343 e. The third kappa shape index (κ3) is 4.25. The van der Waals surface area contributed by atoms with Gasteiger partial charge in [-0.3, -0.25) is 24.0 Å². The molecule has 6 fully saturated rings. The maximum atomic E-state index is 15.0. The fourth-order valence-corrected chi connectivity index (χ4v) is 12.2. The predicted molar refractivity (Wildman–Crippen MR) is 167 cm³/mol. The van der Waals surface area contributed by atoms with Crippen LogP contribution in [0.2, 0.25) is 0 Å². The van der Waals surface area contributed by atoms with Crippen LogP contribution in [0.25, 0.3) is 0 Å². The lowest BCUT2D eigenvalue weighted by molar-refractivity contribution is -0.296. The lowest BCUT2D eigenvalue weighted by atomic mass is 9.40. The van der Waals surface area contributed by atoms with Crippen LogP contribution in [0.4, 0.5) is 0 Å². The summed E-state index contributed by atoms with van der Waals surface area (Å²) in [4.78, 5) is 79.8. The molecular formula is C36H46O15. The highest BCUT2D eigenvalue weighted by atomic mass is 16.6. The summed E-state index contributed by atoms with van der Waals surface area (Å²) < 4.78 is 35.4. The Morgan fingerprint density at radius 3 is 1.94 bits per heavy atom. The van der Waals surface area contributed by atoms with Gasteiger partial charge in [-0.2, -0.15) is 0 Å². The number of carbonyl (C=O) groups is 6. The molecule has 3 N–H and O–H groups in total. The summed E-state index contributed by atoms with van der Waals surface area (Å²) in [6.07, 6.45) is -7.41. The largest absolute Gasteiger partial charge is 0.462 e. The van der Waals surface area contributed by atoms with Crippen LogP contribution in [0.15, 0.2) is 11.8 Å². The molecule has 51 heavy (non-hydrogen) atoms. The molecular weight excluding hydrogens is 672 g/mol. The number of Topliss-reactive ketones (excluding diaryl/α,β-unsaturated/α-hetero) is 1. The van der Waals surface area contributed by atoms with E-state index in [0.717, 1.165) is 20.8 Å². The van der Waals surface area contributed by atoms with Crippen molar-refractivity contribution in [3.05, 3.63) is 11.8 Å². The first-order valence-corrected chi connectivity index (χ1v) is 17.5. The minimum atomic E-state index is -2.39. The quantitative estimate of drug-likeness (QED) is 0.205. The summed E-state index contributed by atoms with van der Waals surface area (Å²) in [7, 11) is 0. The average molecular weight is 719 g/mol. The number of ether oxygens (including phenoxy) is 6. The van der Waals surface area contributed by atoms with Gasteiger partial charge >= 0.3 is 29.8 Å². The Labute approximate surface area is 294 Å². The zero-order valence-electron chi connectivity index (χ0n) is 30.0. The Kier molecular flexibility index (Phi) is 7.64. The smallest absolute Gasteiger partial charge is 0.343 e. The van der Waals surface area contributed by atoms with Gasteiger partial charge in [0.1, 0.15) is 35.8 Å². The number of ketones is 1. The van der Waals surface area contributed by atoms with Crippen LogP contribution in [-0.4, -0.2) is 105 Å². The topological polar surface area (TPSA) is 222 Å². The fourth-order valence-electron chi connectivity index (χ4n) is 12.2. The van der Waals surface area contributed by atoms with E-state index in [1.807, 2.05) is 6.92 Å². The second kappa shape index (κ2) is 10.8. The van der Waals surface area contributed by atoms with E-state index in [0.29, 0.717) is 0 Å². The van der Waals surface area contributed by atoms with Gasteiger partial charge in [0.05, 0.1) is 23.0 Å². The zero-order chi connectivity index (χ0) is 37.7. The van der Waals surface area contributed by atoms with Crippen molar-refractivity contribution in [3.8, 4) is 0 Å². The lowest BCUT2D eigenvalue weighted by Gasteiger charge is -2.66. The monoisotopic (exact) mass is 718 g/mol. The Balaban J connectivity index is 1.55. The van der Waals surface area contributed by atoms with Crippen LogP contribution in [0.1, 0.15) is 68.7 Å². The van der Waals surface area contributed by atoms with Crippen LogP contribution in [-0.2, 0) is 57.2 Å². The maximum absolute atomic E-state index is 15.0. The van der Waals surface area contributed by atoms with E-state index in [-0.39, 0.29) is 12.2 Å². The van der Waals surface area contributed by atoms with Crippen LogP contribution in [0, 0.1) is 51.8 Å². The molecule has 280 valence electrons. The van der Waals surface area contributed by atoms with Crippen molar-refractivity contribution in [1.29, 1.82) is 0 Å². The first kappa shape index (κ1) is 36.0. The third-order valence-electron chi connectivity index (χ3n) is 14.2. The van der Waals surface area contributed by atoms with Gasteiger partial charge in [0.2, 0.25) is 5.78 Å². The lowest BCUT2D eigenvalue weighted by Crippen LogP contribution is -2.80. The minimum absolute atomic E-state index is 0.157. The van der Waals surface area contributed by atoms with Gasteiger partial charge in [0.25, 0.3) is 0 Å². The molecule has 0 bridgehead atoms. The number of fused-ring (bicyclic) bond motifs is 10. The molecule has 7 rings (SSSR count). The molecule has 2 saturated heterocycles. The number of carbonyl (C=O) groups excluding carboxylic acids is 6. The number of esters is 5. The van der Waals surface area contributed by atoms with E-state index in [1.165, 1.54) is 20.8 Å². The normalized spacial score (nSPS) is 53.0. The Bertz CT molecular complexity index is 1670. The average Bonchev–Trinajstić information content (AvgIpc) is 3.67. The summed E-state index contributed by atoms with van der Waals surface area (Å²) in [6, 6.07) is 0. The minimum Gasteiger partial charge on any atom is -0.462 e. The molecule has 15 nitrogen and oxygen atoms in total. The summed E-state index contributed by atoms with van der Waals surface area (Å²) in [5, 5.41) is 37.4. The van der Waals surface area contributed by atoms with Gasteiger partial charge < -0.3 is 43.7 Å². The number of epoxide rings is 1. The molecule has 18 atom stereocenters. The zero-order valence-corrected chi connectivity index (χ0v) is 30.0. The highest BCUT2D eigenvalue weighted by molar-refractivity contribution is 5.95. The number of allylic oxidation sites excluding steroid dienone is 1. The second-order valence-corrected chi connectivity index (χ2v) is 16.6. The van der Waals surface area contributed by atoms with Crippen LogP contribution < -0.4 is 0 Å². The van der Waals surface area contributed by atoms with E-state index in [1.54, 1.807) is 19.9 Å². The molecule has 7 aliphatic rings. The molecule has 2 heterocycles. The number of aliphatic hydroxyl groups excluding tert-OH is 1. The summed E-state index contributed by atoms with van der Waals surface area (Å²) in [5.41, 5.74) is -9.34. The van der Waals surface area contributed by atoms with Crippen molar-refractivity contribution in [1.82, 2.24) is 0 Å². The van der Waals surface area contributed by atoms with Gasteiger partial charge in [0, 0.05) is 63.2 Å². The van der Waals surface area contributed by atoms with Crippen LogP contribution >= 0.6 is 0 Å². The first-order valence-electron chi connectivity index (χ1n) is 17.5. The van der Waals surface area contributed by atoms with Crippen molar-refractivity contribution in [2.24, 2.45) is 51.8 Å². The molecule has 5 aliphatic carbocycles. The number of hydrogen-bond acceptors (Lipinski definition) is 15. The summed E-state index contributed by atoms with van der Waals surface area (Å²) in [6.45, 7) is 12.6. The van der Waals surface area contributed by atoms with Crippen LogP contribution in [0.5, 0.6) is 0 Å². The van der Waals surface area contributed by atoms with Gasteiger partial charge in [-0.25, -0.2) is 4.79 Å². The third-order valence-corrected chi connectivity index (χ3v) is 14.2. The van der Waals surface area contributed by atoms with E-state index in [9.17, 15) is 44.1 Å². The first-order chi connectivity index (χ1) is 23.5. The Morgan fingerprint density at radius 2 is 1.37 bits per heavy atom. The molecule has 0 spiro atoms. The second-order valence-electron chi connectivity index (χ2n) is 16.6. The van der Waals surface area contributed by atoms with Crippen LogP contribution in [0.3, 0.4) is 0 Å². The van der Waals surface area contributed by atoms with Gasteiger partial charge in [-0.05, 0) is 31.8 Å². The van der Waals surface area contributed by atoms with E-state index in [2.05, 4.69) is 0 Å². The van der Waals surface area contributed by atoms with Crippen molar-refractivity contribution >= 4 is 35.6 Å². The van der Waals surface area contributed by atoms with E-state index >= 15 is 0 Å². The number of aliphatic hydroxyl groups is 3. The molecule has 2 aliphatic heterocycles. The molecule has 0 aromatic carbocycles. The molecule has 4 saturated carbocycles. The van der Waals surface area contributed by atoms with Crippen molar-refractivity contribution in [3.63, 3.8) is 0 Å². The van der Waals surface area contributed by atoms with Crippen molar-refractivity contribution in [2.45, 2.75) is 123 Å². The van der Waals surface area contributed by atoms with Gasteiger partial charge in [0.15, 0.2) is 11.7 Å². The Hall–Kier alpha value is -3.40. The molecule has 15 heteroatoms. The SMILES string of the molecule is CC(=O)OC1C(=O)C2(O)CC3OC3C(OC(C)=O)C2(C)C2C(OC(C)=O)C(O)C3(C)C(C(OC(C)=O)C4C3C(C)C=C3OC(=O)C(C)(O)C34C)C12. The fraction of sp³-hybridized carbons (Fsp3) is 0.778. The number of rotatable bonds is 4. The Morgan fingerprint density at radius 1 is 0.804 bits per heavy atom. The molecule has 18 unspecified atom stereocenters. The molecule has 0 radical (unpaired) electrons. The highest BCUT2D eigenvalue weighted by Gasteiger charge is 2.86. The molecule has 0 aromatic heterocycles. The van der Waals surface area contributed by atoms with Gasteiger partial charge in [-0.1, -0.05) is 20.8 Å². The highest BCUT2D eigenvalue weighted by Crippen LogP contribution is 2.76. The summed E-state index contributed by atoms with van der Waals surface area (Å²) >= 11 is 0. The number of hydrogen-bond donors (Lipinski definition) is 3. The van der Waals surface area contributed by atoms with Crippen molar-refractivity contribution < 1.29 is 72.5 Å². The van der Waals surface area contributed by atoms with E-state index in [4.69, 9.17) is 28.4 Å². The molecule has 0 amide bonds. The predicted octanol–water partition coefficient (Wildman–Crippen LogP) is 0.528. The van der Waals surface area contributed by atoms with Gasteiger partial charge in [-0.15, -0.1) is 0 Å².